The SMILES string of the molecule is CC(=O)/C(=N/Nc1c(Cl)cccc1Cl)N1CCCCC1. The molecule has 1 saturated heterocycles. The van der Waals surface area contributed by atoms with Crippen LogP contribution in [0.15, 0.2) is 23.3 Å². The molecule has 6 heteroatoms. The molecule has 0 saturated carbocycles. The number of rotatable bonds is 3. The lowest BCUT2D eigenvalue weighted by Gasteiger charge is -2.28. The third-order valence-electron chi connectivity index (χ3n) is 3.21. The molecule has 0 amide bonds. The van der Waals surface area contributed by atoms with Crippen LogP contribution in [0.25, 0.3) is 0 Å². The summed E-state index contributed by atoms with van der Waals surface area (Å²) in [4.78, 5) is 13.8. The Labute approximate surface area is 128 Å². The Bertz CT molecular complexity index is 505. The molecule has 4 nitrogen and oxygen atoms in total. The highest BCUT2D eigenvalue weighted by atomic mass is 35.5. The second-order valence-electron chi connectivity index (χ2n) is 4.75. The van der Waals surface area contributed by atoms with E-state index in [9.17, 15) is 4.79 Å². The van der Waals surface area contributed by atoms with Crippen LogP contribution < -0.4 is 5.43 Å². The lowest BCUT2D eigenvalue weighted by molar-refractivity contribution is -0.111. The first-order chi connectivity index (χ1) is 9.59. The van der Waals surface area contributed by atoms with Gasteiger partial charge in [-0.2, -0.15) is 5.10 Å². The van der Waals surface area contributed by atoms with Crippen molar-refractivity contribution in [1.29, 1.82) is 0 Å². The van der Waals surface area contributed by atoms with Crippen LogP contribution in [0.2, 0.25) is 10.0 Å². The predicted octanol–water partition coefficient (Wildman–Crippen LogP) is 3.79. The smallest absolute Gasteiger partial charge is 0.196 e. The van der Waals surface area contributed by atoms with Crippen LogP contribution in [0.1, 0.15) is 26.2 Å². The van der Waals surface area contributed by atoms with Crippen LogP contribution in [0.3, 0.4) is 0 Å². The van der Waals surface area contributed by atoms with Crippen LogP contribution in [-0.2, 0) is 4.79 Å². The van der Waals surface area contributed by atoms with Crippen molar-refractivity contribution in [3.05, 3.63) is 28.2 Å². The number of hydrogen-bond donors (Lipinski definition) is 1. The van der Waals surface area contributed by atoms with Crippen LogP contribution >= 0.6 is 23.2 Å². The standard InChI is InChI=1S/C14H17Cl2N3O/c1-10(20)14(19-8-3-2-4-9-19)18-17-13-11(15)6-5-7-12(13)16/h5-7,17H,2-4,8-9H2,1H3/b18-14-. The number of piperidine rings is 1. The minimum atomic E-state index is -0.0671. The lowest BCUT2D eigenvalue weighted by atomic mass is 10.1. The zero-order valence-corrected chi connectivity index (χ0v) is 12.8. The van der Waals surface area contributed by atoms with Crippen molar-refractivity contribution in [3.8, 4) is 0 Å². The molecule has 0 atom stereocenters. The monoisotopic (exact) mass is 313 g/mol. The van der Waals surface area contributed by atoms with E-state index in [0.717, 1.165) is 25.9 Å². The second-order valence-corrected chi connectivity index (χ2v) is 5.56. The van der Waals surface area contributed by atoms with Crippen molar-refractivity contribution in [3.63, 3.8) is 0 Å². The molecule has 1 aromatic carbocycles. The second kappa shape index (κ2) is 6.95. The first kappa shape index (κ1) is 15.1. The van der Waals surface area contributed by atoms with E-state index in [4.69, 9.17) is 23.2 Å². The average molecular weight is 314 g/mol. The van der Waals surface area contributed by atoms with Crippen LogP contribution in [0.5, 0.6) is 0 Å². The van der Waals surface area contributed by atoms with Gasteiger partial charge in [-0.1, -0.05) is 29.3 Å². The van der Waals surface area contributed by atoms with Crippen molar-refractivity contribution < 1.29 is 4.79 Å². The number of likely N-dealkylation sites (tertiary alicyclic amines) is 1. The first-order valence-corrected chi connectivity index (χ1v) is 7.39. The number of hydrogen-bond acceptors (Lipinski definition) is 3. The maximum absolute atomic E-state index is 11.8. The van der Waals surface area contributed by atoms with Gasteiger partial charge in [0.25, 0.3) is 0 Å². The molecule has 1 aliphatic rings. The number of anilines is 1. The molecular formula is C14H17Cl2N3O. The van der Waals surface area contributed by atoms with E-state index >= 15 is 0 Å². The van der Waals surface area contributed by atoms with E-state index in [0.29, 0.717) is 21.6 Å². The number of nitrogens with zero attached hydrogens (tertiary/aromatic N) is 2. The number of carbonyl (C=O) groups excluding carboxylic acids is 1. The Morgan fingerprint density at radius 1 is 1.20 bits per heavy atom. The number of benzene rings is 1. The summed E-state index contributed by atoms with van der Waals surface area (Å²) in [5.41, 5.74) is 3.34. The van der Waals surface area contributed by atoms with Crippen molar-refractivity contribution in [1.82, 2.24) is 4.90 Å². The molecule has 0 aromatic heterocycles. The number of hydrazone groups is 1. The van der Waals surface area contributed by atoms with Gasteiger partial charge in [0.05, 0.1) is 15.7 Å². The van der Waals surface area contributed by atoms with E-state index in [-0.39, 0.29) is 5.78 Å². The fourth-order valence-corrected chi connectivity index (χ4v) is 2.67. The van der Waals surface area contributed by atoms with Gasteiger partial charge in [-0.25, -0.2) is 0 Å². The fraction of sp³-hybridized carbons (Fsp3) is 0.429. The summed E-state index contributed by atoms with van der Waals surface area (Å²) in [5, 5.41) is 5.16. The number of nitrogens with one attached hydrogen (secondary N) is 1. The van der Waals surface area contributed by atoms with Crippen LogP contribution in [0.4, 0.5) is 5.69 Å². The minimum absolute atomic E-state index is 0.0671. The van der Waals surface area contributed by atoms with Crippen molar-refractivity contribution in [2.24, 2.45) is 5.10 Å². The minimum Gasteiger partial charge on any atom is -0.352 e. The molecule has 0 radical (unpaired) electrons. The Morgan fingerprint density at radius 3 is 2.35 bits per heavy atom. The maximum Gasteiger partial charge on any atom is 0.196 e. The summed E-state index contributed by atoms with van der Waals surface area (Å²) in [6, 6.07) is 5.20. The molecular weight excluding hydrogens is 297 g/mol. The number of para-hydroxylation sites is 1. The summed E-state index contributed by atoms with van der Waals surface area (Å²) in [6.07, 6.45) is 3.36. The molecule has 1 aromatic rings. The normalized spacial score (nSPS) is 16.1. The summed E-state index contributed by atoms with van der Waals surface area (Å²) >= 11 is 12.1. The van der Waals surface area contributed by atoms with Gasteiger partial charge in [0.15, 0.2) is 11.6 Å². The number of carbonyl (C=O) groups is 1. The summed E-state index contributed by atoms with van der Waals surface area (Å²) in [7, 11) is 0. The molecule has 1 N–H and O–H groups in total. The van der Waals surface area contributed by atoms with Crippen molar-refractivity contribution in [2.45, 2.75) is 26.2 Å². The van der Waals surface area contributed by atoms with E-state index < -0.39 is 0 Å². The molecule has 1 fully saturated rings. The van der Waals surface area contributed by atoms with Gasteiger partial charge in [-0.05, 0) is 31.4 Å². The average Bonchev–Trinajstić information content (AvgIpc) is 2.43. The van der Waals surface area contributed by atoms with E-state index in [1.807, 2.05) is 4.90 Å². The molecule has 0 spiro atoms. The highest BCUT2D eigenvalue weighted by Gasteiger charge is 2.18. The van der Waals surface area contributed by atoms with Gasteiger partial charge in [0.1, 0.15) is 0 Å². The van der Waals surface area contributed by atoms with Crippen LogP contribution in [-0.4, -0.2) is 29.6 Å². The first-order valence-electron chi connectivity index (χ1n) is 6.63. The molecule has 0 aliphatic carbocycles. The predicted molar refractivity (Wildman–Crippen MR) is 83.6 cm³/mol. The van der Waals surface area contributed by atoms with E-state index in [2.05, 4.69) is 10.5 Å². The van der Waals surface area contributed by atoms with Gasteiger partial charge < -0.3 is 4.90 Å². The quantitative estimate of drug-likeness (QED) is 0.524. The molecule has 0 bridgehead atoms. The zero-order chi connectivity index (χ0) is 14.5. The molecule has 2 rings (SSSR count). The number of Topliss-reactive ketones (excluding diaryl/α,β-unsaturated/α-hetero) is 1. The summed E-state index contributed by atoms with van der Waals surface area (Å²) < 4.78 is 0. The topological polar surface area (TPSA) is 44.7 Å². The van der Waals surface area contributed by atoms with E-state index in [1.54, 1.807) is 18.2 Å². The van der Waals surface area contributed by atoms with Gasteiger partial charge in [-0.15, -0.1) is 0 Å². The van der Waals surface area contributed by atoms with Crippen molar-refractivity contribution >= 4 is 40.5 Å². The zero-order valence-electron chi connectivity index (χ0n) is 11.3. The lowest BCUT2D eigenvalue weighted by Crippen LogP contribution is -2.39. The maximum atomic E-state index is 11.8. The highest BCUT2D eigenvalue weighted by molar-refractivity contribution is 6.40. The Hall–Kier alpha value is -1.26. The number of amidine groups is 1. The molecule has 108 valence electrons. The van der Waals surface area contributed by atoms with Gasteiger partial charge in [-0.3, -0.25) is 10.2 Å². The Kier molecular flexibility index (Phi) is 5.26. The number of ketones is 1. The Balaban J connectivity index is 2.19. The third kappa shape index (κ3) is 3.64. The molecule has 1 aliphatic heterocycles. The largest absolute Gasteiger partial charge is 0.352 e. The van der Waals surface area contributed by atoms with Gasteiger partial charge >= 0.3 is 0 Å². The molecule has 0 unspecified atom stereocenters. The van der Waals surface area contributed by atoms with Crippen LogP contribution in [0, 0.1) is 0 Å². The van der Waals surface area contributed by atoms with Gasteiger partial charge in [0.2, 0.25) is 0 Å². The fourth-order valence-electron chi connectivity index (χ4n) is 2.19. The van der Waals surface area contributed by atoms with Gasteiger partial charge in [0, 0.05) is 20.0 Å². The third-order valence-corrected chi connectivity index (χ3v) is 3.84. The molecule has 20 heavy (non-hydrogen) atoms. The number of halogens is 2. The summed E-state index contributed by atoms with van der Waals surface area (Å²) in [5.74, 6) is 0.364. The highest BCUT2D eigenvalue weighted by Crippen LogP contribution is 2.29. The van der Waals surface area contributed by atoms with Crippen molar-refractivity contribution in [2.75, 3.05) is 18.5 Å². The Morgan fingerprint density at radius 2 is 1.80 bits per heavy atom. The molecule has 1 heterocycles. The summed E-state index contributed by atoms with van der Waals surface area (Å²) in [6.45, 7) is 3.23. The van der Waals surface area contributed by atoms with E-state index in [1.165, 1.54) is 13.3 Å².